The van der Waals surface area contributed by atoms with Crippen LogP contribution in [0.25, 0.3) is 11.1 Å². The van der Waals surface area contributed by atoms with Crippen molar-refractivity contribution in [1.82, 2.24) is 4.57 Å². The first-order valence-electron chi connectivity index (χ1n) is 4.37. The molecule has 0 aliphatic carbocycles. The molecule has 1 N–H and O–H groups in total. The molecule has 0 radical (unpaired) electrons. The van der Waals surface area contributed by atoms with Gasteiger partial charge in [-0.3, -0.25) is 4.57 Å². The zero-order valence-corrected chi connectivity index (χ0v) is 8.02. The normalized spacial score (nSPS) is 13.4. The van der Waals surface area contributed by atoms with E-state index in [-0.39, 0.29) is 5.76 Å². The van der Waals surface area contributed by atoms with Gasteiger partial charge in [0.05, 0.1) is 11.6 Å². The minimum atomic E-state index is -0.551. The Balaban J connectivity index is 2.73. The molecule has 0 saturated heterocycles. The van der Waals surface area contributed by atoms with Crippen LogP contribution in [0.1, 0.15) is 18.6 Å². The molecule has 2 aromatic rings. The van der Waals surface area contributed by atoms with Crippen LogP contribution in [-0.4, -0.2) is 9.67 Å². The van der Waals surface area contributed by atoms with Gasteiger partial charge in [0.1, 0.15) is 0 Å². The van der Waals surface area contributed by atoms with Gasteiger partial charge < -0.3 is 9.52 Å². The Bertz CT molecular complexity index is 522. The fourth-order valence-electron chi connectivity index (χ4n) is 1.41. The Hall–Kier alpha value is -1.55. The van der Waals surface area contributed by atoms with E-state index in [0.717, 1.165) is 11.1 Å². The van der Waals surface area contributed by atoms with Crippen LogP contribution in [0, 0.1) is 0 Å². The van der Waals surface area contributed by atoms with Crippen molar-refractivity contribution in [2.45, 2.75) is 13.0 Å². The Labute approximate surface area is 80.4 Å². The van der Waals surface area contributed by atoms with Crippen molar-refractivity contribution in [1.29, 1.82) is 0 Å². The predicted molar refractivity (Wildman–Crippen MR) is 52.1 cm³/mol. The Kier molecular flexibility index (Phi) is 1.93. The highest BCUT2D eigenvalue weighted by Crippen LogP contribution is 2.18. The van der Waals surface area contributed by atoms with Gasteiger partial charge >= 0.3 is 5.76 Å². The number of benzene rings is 1. The van der Waals surface area contributed by atoms with Crippen molar-refractivity contribution in [2.24, 2.45) is 7.05 Å². The lowest BCUT2D eigenvalue weighted by Gasteiger charge is -2.02. The van der Waals surface area contributed by atoms with E-state index in [1.807, 2.05) is 0 Å². The van der Waals surface area contributed by atoms with E-state index in [2.05, 4.69) is 0 Å². The van der Waals surface area contributed by atoms with Crippen molar-refractivity contribution < 1.29 is 9.52 Å². The summed E-state index contributed by atoms with van der Waals surface area (Å²) >= 11 is 0. The molecular formula is C10H11NO3. The quantitative estimate of drug-likeness (QED) is 0.740. The van der Waals surface area contributed by atoms with E-state index in [1.54, 1.807) is 32.2 Å². The molecule has 0 aliphatic rings. The third kappa shape index (κ3) is 1.24. The van der Waals surface area contributed by atoms with Gasteiger partial charge in [0.25, 0.3) is 0 Å². The van der Waals surface area contributed by atoms with Gasteiger partial charge in [0.15, 0.2) is 5.58 Å². The second-order valence-electron chi connectivity index (χ2n) is 3.33. The van der Waals surface area contributed by atoms with Crippen LogP contribution in [0.4, 0.5) is 0 Å². The molecule has 4 nitrogen and oxygen atoms in total. The maximum atomic E-state index is 11.2. The minimum absolute atomic E-state index is 0.386. The van der Waals surface area contributed by atoms with Crippen molar-refractivity contribution in [3.05, 3.63) is 34.3 Å². The van der Waals surface area contributed by atoms with Gasteiger partial charge in [-0.1, -0.05) is 6.07 Å². The van der Waals surface area contributed by atoms with Crippen LogP contribution < -0.4 is 5.76 Å². The first-order valence-corrected chi connectivity index (χ1v) is 4.37. The molecule has 74 valence electrons. The summed E-state index contributed by atoms with van der Waals surface area (Å²) in [5.74, 6) is -0.386. The zero-order valence-electron chi connectivity index (χ0n) is 8.02. The van der Waals surface area contributed by atoms with E-state index >= 15 is 0 Å². The summed E-state index contributed by atoms with van der Waals surface area (Å²) in [4.78, 5) is 11.2. The third-order valence-corrected chi connectivity index (χ3v) is 2.30. The molecule has 0 amide bonds. The Morgan fingerprint density at radius 3 is 2.86 bits per heavy atom. The van der Waals surface area contributed by atoms with Crippen molar-refractivity contribution >= 4 is 11.1 Å². The van der Waals surface area contributed by atoms with Gasteiger partial charge in [-0.2, -0.15) is 0 Å². The molecule has 14 heavy (non-hydrogen) atoms. The smallest absolute Gasteiger partial charge is 0.408 e. The van der Waals surface area contributed by atoms with E-state index < -0.39 is 6.10 Å². The highest BCUT2D eigenvalue weighted by Gasteiger charge is 2.08. The highest BCUT2D eigenvalue weighted by atomic mass is 16.4. The summed E-state index contributed by atoms with van der Waals surface area (Å²) in [6.07, 6.45) is -0.551. The van der Waals surface area contributed by atoms with Crippen LogP contribution in [0.3, 0.4) is 0 Å². The SMILES string of the molecule is CC(O)c1ccc2c(c1)oc(=O)n2C. The molecule has 1 atom stereocenters. The summed E-state index contributed by atoms with van der Waals surface area (Å²) in [6.45, 7) is 1.67. The molecule has 1 unspecified atom stereocenters. The number of nitrogens with zero attached hydrogens (tertiary/aromatic N) is 1. The van der Waals surface area contributed by atoms with Gasteiger partial charge in [-0.05, 0) is 24.6 Å². The number of aliphatic hydroxyl groups excluding tert-OH is 1. The standard InChI is InChI=1S/C10H11NO3/c1-6(12)7-3-4-8-9(5-7)14-10(13)11(8)2/h3-6,12H,1-2H3. The monoisotopic (exact) mass is 193 g/mol. The number of rotatable bonds is 1. The molecule has 0 bridgehead atoms. The summed E-state index contributed by atoms with van der Waals surface area (Å²) in [5, 5.41) is 9.33. The van der Waals surface area contributed by atoms with Gasteiger partial charge in [0.2, 0.25) is 0 Å². The summed E-state index contributed by atoms with van der Waals surface area (Å²) < 4.78 is 6.42. The van der Waals surface area contributed by atoms with E-state index in [9.17, 15) is 9.90 Å². The van der Waals surface area contributed by atoms with Crippen LogP contribution in [0.5, 0.6) is 0 Å². The summed E-state index contributed by atoms with van der Waals surface area (Å²) in [6, 6.07) is 5.23. The Morgan fingerprint density at radius 2 is 2.21 bits per heavy atom. The second kappa shape index (κ2) is 2.99. The molecule has 1 aromatic carbocycles. The lowest BCUT2D eigenvalue weighted by atomic mass is 10.1. The molecule has 0 saturated carbocycles. The summed E-state index contributed by atoms with van der Waals surface area (Å²) in [5.41, 5.74) is 1.99. The zero-order chi connectivity index (χ0) is 10.3. The molecule has 0 fully saturated rings. The topological polar surface area (TPSA) is 55.4 Å². The van der Waals surface area contributed by atoms with Crippen molar-refractivity contribution in [3.8, 4) is 0 Å². The van der Waals surface area contributed by atoms with E-state index in [1.165, 1.54) is 4.57 Å². The number of hydrogen-bond acceptors (Lipinski definition) is 3. The van der Waals surface area contributed by atoms with Crippen LogP contribution in [0.2, 0.25) is 0 Å². The second-order valence-corrected chi connectivity index (χ2v) is 3.33. The van der Waals surface area contributed by atoms with Crippen molar-refractivity contribution in [3.63, 3.8) is 0 Å². The highest BCUT2D eigenvalue weighted by molar-refractivity contribution is 5.73. The average molecular weight is 193 g/mol. The number of aromatic nitrogens is 1. The average Bonchev–Trinajstić information content (AvgIpc) is 2.42. The van der Waals surface area contributed by atoms with Gasteiger partial charge in [0, 0.05) is 7.05 Å². The maximum absolute atomic E-state index is 11.2. The van der Waals surface area contributed by atoms with E-state index in [0.29, 0.717) is 5.58 Å². The van der Waals surface area contributed by atoms with Gasteiger partial charge in [-0.15, -0.1) is 0 Å². The summed E-state index contributed by atoms with van der Waals surface area (Å²) in [7, 11) is 1.65. The molecule has 4 heteroatoms. The van der Waals surface area contributed by atoms with Crippen LogP contribution >= 0.6 is 0 Å². The first-order chi connectivity index (χ1) is 6.59. The minimum Gasteiger partial charge on any atom is -0.408 e. The van der Waals surface area contributed by atoms with Crippen LogP contribution in [-0.2, 0) is 7.05 Å². The molecule has 0 aliphatic heterocycles. The largest absolute Gasteiger partial charge is 0.419 e. The number of aliphatic hydroxyl groups is 1. The molecule has 2 rings (SSSR count). The Morgan fingerprint density at radius 1 is 1.50 bits per heavy atom. The lowest BCUT2D eigenvalue weighted by Crippen LogP contribution is -2.08. The van der Waals surface area contributed by atoms with E-state index in [4.69, 9.17) is 4.42 Å². The van der Waals surface area contributed by atoms with Crippen LogP contribution in [0.15, 0.2) is 27.4 Å². The predicted octanol–water partition coefficient (Wildman–Crippen LogP) is 1.18. The number of fused-ring (bicyclic) bond motifs is 1. The fraction of sp³-hybridized carbons (Fsp3) is 0.300. The molecular weight excluding hydrogens is 182 g/mol. The van der Waals surface area contributed by atoms with Crippen molar-refractivity contribution in [2.75, 3.05) is 0 Å². The number of aryl methyl sites for hydroxylation is 1. The third-order valence-electron chi connectivity index (χ3n) is 2.30. The number of hydrogen-bond donors (Lipinski definition) is 1. The molecule has 0 spiro atoms. The molecule has 1 aromatic heterocycles. The first kappa shape index (κ1) is 9.02. The van der Waals surface area contributed by atoms with Gasteiger partial charge in [-0.25, -0.2) is 4.79 Å². The fourth-order valence-corrected chi connectivity index (χ4v) is 1.41. The lowest BCUT2D eigenvalue weighted by molar-refractivity contribution is 0.199. The molecule has 1 heterocycles. The number of oxazole rings is 1. The maximum Gasteiger partial charge on any atom is 0.419 e.